The summed E-state index contributed by atoms with van der Waals surface area (Å²) in [5, 5.41) is 20.2. The van der Waals surface area contributed by atoms with Gasteiger partial charge in [0.2, 0.25) is 0 Å². The van der Waals surface area contributed by atoms with Crippen molar-refractivity contribution >= 4 is 0 Å². The van der Waals surface area contributed by atoms with Gasteiger partial charge in [-0.2, -0.15) is 0 Å². The number of aliphatic hydroxyl groups excluding tert-OH is 2. The maximum absolute atomic E-state index is 10.1. The first-order chi connectivity index (χ1) is 11.2. The predicted octanol–water partition coefficient (Wildman–Crippen LogP) is 2.03. The Bertz CT molecular complexity index is 528. The van der Waals surface area contributed by atoms with Crippen LogP contribution in [0.4, 0.5) is 0 Å². The van der Waals surface area contributed by atoms with Crippen LogP contribution in [-0.2, 0) is 9.47 Å². The Morgan fingerprint density at radius 1 is 1.30 bits per heavy atom. The standard InChI is InChI=1S/C18H24O5/c1-21-15-8-6-7-14(13-15)18(20)16(19)9-2-4-11-22-17-10-3-5-12-23-17/h6-8,13,16-20H,3,5,9-12H2,1H3/t16-,17?,18-/m1/s1. The van der Waals surface area contributed by atoms with Gasteiger partial charge in [-0.25, -0.2) is 0 Å². The first kappa shape index (κ1) is 17.8. The van der Waals surface area contributed by atoms with Crippen molar-refractivity contribution in [1.82, 2.24) is 0 Å². The second-order valence-corrected chi connectivity index (χ2v) is 5.45. The molecule has 1 saturated heterocycles. The van der Waals surface area contributed by atoms with E-state index >= 15 is 0 Å². The maximum Gasteiger partial charge on any atom is 0.158 e. The van der Waals surface area contributed by atoms with Gasteiger partial charge in [-0.15, -0.1) is 0 Å². The Morgan fingerprint density at radius 3 is 2.91 bits per heavy atom. The Hall–Kier alpha value is -1.58. The van der Waals surface area contributed by atoms with Gasteiger partial charge in [-0.3, -0.25) is 0 Å². The topological polar surface area (TPSA) is 68.2 Å². The van der Waals surface area contributed by atoms with Crippen molar-refractivity contribution in [1.29, 1.82) is 0 Å². The molecule has 5 nitrogen and oxygen atoms in total. The molecule has 2 N–H and O–H groups in total. The van der Waals surface area contributed by atoms with E-state index < -0.39 is 12.2 Å². The second-order valence-electron chi connectivity index (χ2n) is 5.45. The van der Waals surface area contributed by atoms with Crippen LogP contribution in [0.1, 0.15) is 37.4 Å². The molecule has 1 unspecified atom stereocenters. The molecule has 1 aromatic rings. The third-order valence-corrected chi connectivity index (χ3v) is 3.72. The first-order valence-electron chi connectivity index (χ1n) is 7.89. The molecule has 1 aliphatic rings. The smallest absolute Gasteiger partial charge is 0.158 e. The quantitative estimate of drug-likeness (QED) is 0.785. The second kappa shape index (κ2) is 9.53. The largest absolute Gasteiger partial charge is 0.497 e. The highest BCUT2D eigenvalue weighted by molar-refractivity contribution is 5.30. The van der Waals surface area contributed by atoms with E-state index in [1.54, 1.807) is 31.4 Å². The zero-order valence-corrected chi connectivity index (χ0v) is 13.4. The van der Waals surface area contributed by atoms with Crippen LogP contribution in [0.2, 0.25) is 0 Å². The molecule has 3 atom stereocenters. The van der Waals surface area contributed by atoms with Crippen LogP contribution in [0, 0.1) is 11.8 Å². The molecule has 126 valence electrons. The van der Waals surface area contributed by atoms with Crippen molar-refractivity contribution in [3.05, 3.63) is 29.8 Å². The van der Waals surface area contributed by atoms with Crippen molar-refractivity contribution in [3.8, 4) is 17.6 Å². The zero-order valence-electron chi connectivity index (χ0n) is 13.4. The summed E-state index contributed by atoms with van der Waals surface area (Å²) < 4.78 is 16.0. The van der Waals surface area contributed by atoms with E-state index in [0.29, 0.717) is 11.3 Å². The number of benzene rings is 1. The van der Waals surface area contributed by atoms with Gasteiger partial charge in [-0.05, 0) is 37.0 Å². The molecular weight excluding hydrogens is 296 g/mol. The number of aliphatic hydroxyl groups is 2. The number of hydrogen-bond acceptors (Lipinski definition) is 5. The van der Waals surface area contributed by atoms with Gasteiger partial charge in [0.15, 0.2) is 6.29 Å². The number of ether oxygens (including phenoxy) is 3. The molecule has 0 spiro atoms. The lowest BCUT2D eigenvalue weighted by Crippen LogP contribution is -2.22. The van der Waals surface area contributed by atoms with E-state index in [1.807, 2.05) is 0 Å². The highest BCUT2D eigenvalue weighted by atomic mass is 16.7. The Morgan fingerprint density at radius 2 is 2.17 bits per heavy atom. The minimum absolute atomic E-state index is 0.162. The van der Waals surface area contributed by atoms with Crippen LogP contribution >= 0.6 is 0 Å². The summed E-state index contributed by atoms with van der Waals surface area (Å²) in [6, 6.07) is 7.00. The fourth-order valence-corrected chi connectivity index (χ4v) is 2.36. The Balaban J connectivity index is 1.75. The number of methoxy groups -OCH3 is 1. The Kier molecular flexibility index (Phi) is 7.37. The summed E-state index contributed by atoms with van der Waals surface area (Å²) >= 11 is 0. The molecule has 5 heteroatoms. The molecule has 2 rings (SSSR count). The van der Waals surface area contributed by atoms with Gasteiger partial charge in [0, 0.05) is 13.0 Å². The molecule has 1 aromatic carbocycles. The molecule has 0 radical (unpaired) electrons. The maximum atomic E-state index is 10.1. The van der Waals surface area contributed by atoms with Crippen molar-refractivity contribution in [2.24, 2.45) is 0 Å². The van der Waals surface area contributed by atoms with Crippen LogP contribution in [0.25, 0.3) is 0 Å². The van der Waals surface area contributed by atoms with E-state index in [-0.39, 0.29) is 19.3 Å². The minimum atomic E-state index is -0.998. The lowest BCUT2D eigenvalue weighted by molar-refractivity contribution is -0.154. The van der Waals surface area contributed by atoms with Gasteiger partial charge in [-0.1, -0.05) is 24.0 Å². The molecule has 0 saturated carbocycles. The molecule has 0 aliphatic carbocycles. The minimum Gasteiger partial charge on any atom is -0.497 e. The van der Waals surface area contributed by atoms with E-state index in [0.717, 1.165) is 25.9 Å². The summed E-state index contributed by atoms with van der Waals surface area (Å²) in [7, 11) is 1.56. The Labute approximate surface area is 137 Å². The molecule has 1 fully saturated rings. The summed E-state index contributed by atoms with van der Waals surface area (Å²) in [5.41, 5.74) is 0.602. The normalized spacial score (nSPS) is 20.2. The third-order valence-electron chi connectivity index (χ3n) is 3.72. The van der Waals surface area contributed by atoms with Crippen LogP contribution < -0.4 is 4.74 Å². The van der Waals surface area contributed by atoms with E-state index in [4.69, 9.17) is 14.2 Å². The highest BCUT2D eigenvalue weighted by Crippen LogP contribution is 2.22. The molecule has 1 aliphatic heterocycles. The van der Waals surface area contributed by atoms with E-state index in [9.17, 15) is 10.2 Å². The SMILES string of the molecule is COc1cccc([C@@H](O)[C@H](O)CC#CCOC2CCCCO2)c1. The molecule has 23 heavy (non-hydrogen) atoms. The van der Waals surface area contributed by atoms with Crippen molar-refractivity contribution < 1.29 is 24.4 Å². The summed E-state index contributed by atoms with van der Waals surface area (Å²) in [6.07, 6.45) is 1.16. The summed E-state index contributed by atoms with van der Waals surface area (Å²) in [6.45, 7) is 1.01. The van der Waals surface area contributed by atoms with Gasteiger partial charge in [0.05, 0.1) is 13.2 Å². The summed E-state index contributed by atoms with van der Waals surface area (Å²) in [4.78, 5) is 0. The van der Waals surface area contributed by atoms with Gasteiger partial charge >= 0.3 is 0 Å². The van der Waals surface area contributed by atoms with Crippen LogP contribution in [-0.4, -0.2) is 42.9 Å². The van der Waals surface area contributed by atoms with Crippen LogP contribution in [0.15, 0.2) is 24.3 Å². The third kappa shape index (κ3) is 5.85. The fraction of sp³-hybridized carbons (Fsp3) is 0.556. The van der Waals surface area contributed by atoms with Crippen LogP contribution in [0.5, 0.6) is 5.75 Å². The van der Waals surface area contributed by atoms with Gasteiger partial charge in [0.25, 0.3) is 0 Å². The van der Waals surface area contributed by atoms with Crippen molar-refractivity contribution in [2.75, 3.05) is 20.3 Å². The van der Waals surface area contributed by atoms with E-state index in [2.05, 4.69) is 11.8 Å². The predicted molar refractivity (Wildman–Crippen MR) is 85.9 cm³/mol. The molecule has 1 heterocycles. The molecule has 0 amide bonds. The number of hydrogen-bond donors (Lipinski definition) is 2. The lowest BCUT2D eigenvalue weighted by Gasteiger charge is -2.21. The molecule has 0 bridgehead atoms. The first-order valence-corrected chi connectivity index (χ1v) is 7.89. The fourth-order valence-electron chi connectivity index (χ4n) is 2.36. The van der Waals surface area contributed by atoms with E-state index in [1.165, 1.54) is 0 Å². The molecular formula is C18H24O5. The lowest BCUT2D eigenvalue weighted by atomic mass is 10.0. The monoisotopic (exact) mass is 320 g/mol. The highest BCUT2D eigenvalue weighted by Gasteiger charge is 2.18. The summed E-state index contributed by atoms with van der Waals surface area (Å²) in [5.74, 6) is 6.32. The zero-order chi connectivity index (χ0) is 16.5. The molecule has 0 aromatic heterocycles. The average molecular weight is 320 g/mol. The average Bonchev–Trinajstić information content (AvgIpc) is 2.61. The number of rotatable bonds is 6. The van der Waals surface area contributed by atoms with Gasteiger partial charge < -0.3 is 24.4 Å². The van der Waals surface area contributed by atoms with Crippen molar-refractivity contribution in [3.63, 3.8) is 0 Å². The van der Waals surface area contributed by atoms with Crippen molar-refractivity contribution in [2.45, 2.75) is 44.2 Å². The van der Waals surface area contributed by atoms with Crippen LogP contribution in [0.3, 0.4) is 0 Å². The van der Waals surface area contributed by atoms with Gasteiger partial charge in [0.1, 0.15) is 18.5 Å².